The average molecular weight is 439 g/mol. The number of amides is 1. The van der Waals surface area contributed by atoms with Gasteiger partial charge in [0.15, 0.2) is 4.34 Å². The molecule has 0 saturated heterocycles. The molecule has 0 aliphatic carbocycles. The Morgan fingerprint density at radius 1 is 1.07 bits per heavy atom. The predicted octanol–water partition coefficient (Wildman–Crippen LogP) is 6.02. The molecule has 0 fully saturated rings. The smallest absolute Gasteiger partial charge is 0.237 e. The number of hydrogen-bond donors (Lipinski definition) is 2. The van der Waals surface area contributed by atoms with E-state index >= 15 is 0 Å². The van der Waals surface area contributed by atoms with Gasteiger partial charge >= 0.3 is 0 Å². The fraction of sp³-hybridized carbons (Fsp3) is 0.167. The number of anilines is 3. The molecule has 2 N–H and O–H groups in total. The van der Waals surface area contributed by atoms with Crippen LogP contribution in [0.2, 0.25) is 10.0 Å². The normalized spacial score (nSPS) is 11.9. The van der Waals surface area contributed by atoms with Crippen LogP contribution in [0.4, 0.5) is 16.5 Å². The lowest BCUT2D eigenvalue weighted by molar-refractivity contribution is -0.115. The first-order valence-electron chi connectivity index (χ1n) is 8.00. The molecular formula is C18H16Cl2N4OS2. The molecule has 1 atom stereocenters. The fourth-order valence-corrected chi connectivity index (χ4v) is 4.59. The molecule has 140 valence electrons. The molecular weight excluding hydrogens is 423 g/mol. The number of halogens is 2. The zero-order valence-electron chi connectivity index (χ0n) is 14.5. The lowest BCUT2D eigenvalue weighted by Crippen LogP contribution is -2.22. The standard InChI is InChI=1S/C18H16Cl2N4OS2/c1-10-3-5-14(6-4-10)22-17-23-24-18(27-17)26-11(2)16(25)21-15-8-12(19)7-13(20)9-15/h3-9,11H,1-2H3,(H,21,25)(H,22,23). The minimum Gasteiger partial charge on any atom is -0.330 e. The van der Waals surface area contributed by atoms with Gasteiger partial charge in [0.1, 0.15) is 0 Å². The van der Waals surface area contributed by atoms with E-state index in [0.717, 1.165) is 5.69 Å². The number of hydrogen-bond acceptors (Lipinski definition) is 6. The highest BCUT2D eigenvalue weighted by atomic mass is 35.5. The topological polar surface area (TPSA) is 66.9 Å². The van der Waals surface area contributed by atoms with Crippen LogP contribution in [0, 0.1) is 6.92 Å². The van der Waals surface area contributed by atoms with Crippen LogP contribution >= 0.6 is 46.3 Å². The summed E-state index contributed by atoms with van der Waals surface area (Å²) >= 11 is 14.6. The molecule has 1 unspecified atom stereocenters. The Labute approximate surface area is 175 Å². The Morgan fingerprint density at radius 2 is 1.74 bits per heavy atom. The molecule has 0 spiro atoms. The van der Waals surface area contributed by atoms with Crippen LogP contribution in [0.5, 0.6) is 0 Å². The quantitative estimate of drug-likeness (QED) is 0.460. The molecule has 1 amide bonds. The van der Waals surface area contributed by atoms with Crippen molar-refractivity contribution in [3.8, 4) is 0 Å². The second kappa shape index (κ2) is 8.93. The van der Waals surface area contributed by atoms with Crippen LogP contribution in [-0.2, 0) is 4.79 Å². The van der Waals surface area contributed by atoms with Crippen LogP contribution in [0.3, 0.4) is 0 Å². The second-order valence-electron chi connectivity index (χ2n) is 5.77. The third-order valence-electron chi connectivity index (χ3n) is 3.49. The molecule has 3 rings (SSSR count). The number of thioether (sulfide) groups is 1. The van der Waals surface area contributed by atoms with Crippen molar-refractivity contribution in [2.24, 2.45) is 0 Å². The van der Waals surface area contributed by atoms with Crippen molar-refractivity contribution < 1.29 is 4.79 Å². The van der Waals surface area contributed by atoms with Crippen molar-refractivity contribution in [1.82, 2.24) is 10.2 Å². The molecule has 3 aromatic rings. The first-order valence-corrected chi connectivity index (χ1v) is 10.4. The molecule has 0 bridgehead atoms. The minimum atomic E-state index is -0.358. The fourth-order valence-electron chi connectivity index (χ4n) is 2.14. The summed E-state index contributed by atoms with van der Waals surface area (Å²) in [5.41, 5.74) is 2.69. The summed E-state index contributed by atoms with van der Waals surface area (Å²) in [5, 5.41) is 15.5. The highest BCUT2D eigenvalue weighted by molar-refractivity contribution is 8.02. The lowest BCUT2D eigenvalue weighted by Gasteiger charge is -2.10. The number of carbonyl (C=O) groups excluding carboxylic acids is 1. The van der Waals surface area contributed by atoms with E-state index in [-0.39, 0.29) is 11.2 Å². The molecule has 9 heteroatoms. The van der Waals surface area contributed by atoms with Gasteiger partial charge in [-0.05, 0) is 44.2 Å². The van der Waals surface area contributed by atoms with E-state index in [1.807, 2.05) is 31.2 Å². The molecule has 0 saturated carbocycles. The summed E-state index contributed by atoms with van der Waals surface area (Å²) in [5.74, 6) is -0.165. The van der Waals surface area contributed by atoms with E-state index in [4.69, 9.17) is 23.2 Å². The highest BCUT2D eigenvalue weighted by Crippen LogP contribution is 2.31. The maximum Gasteiger partial charge on any atom is 0.237 e. The molecule has 0 aliphatic rings. The third kappa shape index (κ3) is 5.84. The Bertz CT molecular complexity index is 927. The third-order valence-corrected chi connectivity index (χ3v) is 5.95. The number of nitrogens with zero attached hydrogens (tertiary/aromatic N) is 2. The van der Waals surface area contributed by atoms with E-state index in [0.29, 0.717) is 25.2 Å². The van der Waals surface area contributed by atoms with Gasteiger partial charge in [-0.15, -0.1) is 10.2 Å². The summed E-state index contributed by atoms with van der Waals surface area (Å²) in [6.07, 6.45) is 0. The van der Waals surface area contributed by atoms with Gasteiger partial charge in [-0.1, -0.05) is 64.0 Å². The molecule has 1 aromatic heterocycles. The number of carbonyl (C=O) groups is 1. The first kappa shape index (κ1) is 19.9. The predicted molar refractivity (Wildman–Crippen MR) is 115 cm³/mol. The van der Waals surface area contributed by atoms with Crippen molar-refractivity contribution in [2.75, 3.05) is 10.6 Å². The number of aromatic nitrogens is 2. The molecule has 0 aliphatic heterocycles. The van der Waals surface area contributed by atoms with Crippen LogP contribution in [0.1, 0.15) is 12.5 Å². The van der Waals surface area contributed by atoms with Crippen LogP contribution in [-0.4, -0.2) is 21.4 Å². The van der Waals surface area contributed by atoms with Gasteiger partial charge in [0.25, 0.3) is 0 Å². The van der Waals surface area contributed by atoms with Gasteiger partial charge in [-0.2, -0.15) is 0 Å². The average Bonchev–Trinajstić information content (AvgIpc) is 3.03. The van der Waals surface area contributed by atoms with Crippen molar-refractivity contribution in [3.05, 3.63) is 58.1 Å². The number of aryl methyl sites for hydroxylation is 1. The summed E-state index contributed by atoms with van der Waals surface area (Å²) in [4.78, 5) is 12.4. The van der Waals surface area contributed by atoms with Crippen LogP contribution in [0.15, 0.2) is 46.8 Å². The largest absolute Gasteiger partial charge is 0.330 e. The monoisotopic (exact) mass is 438 g/mol. The maximum atomic E-state index is 12.4. The molecule has 27 heavy (non-hydrogen) atoms. The molecule has 2 aromatic carbocycles. The van der Waals surface area contributed by atoms with E-state index in [2.05, 4.69) is 20.8 Å². The molecule has 1 heterocycles. The highest BCUT2D eigenvalue weighted by Gasteiger charge is 2.18. The van der Waals surface area contributed by atoms with Gasteiger partial charge in [-0.25, -0.2) is 0 Å². The Kier molecular flexibility index (Phi) is 6.59. The summed E-state index contributed by atoms with van der Waals surface area (Å²) < 4.78 is 0.705. The van der Waals surface area contributed by atoms with E-state index < -0.39 is 0 Å². The summed E-state index contributed by atoms with van der Waals surface area (Å²) in [6, 6.07) is 12.9. The summed E-state index contributed by atoms with van der Waals surface area (Å²) in [7, 11) is 0. The Hall–Kier alpha value is -1.80. The zero-order valence-corrected chi connectivity index (χ0v) is 17.6. The van der Waals surface area contributed by atoms with Gasteiger partial charge < -0.3 is 10.6 Å². The van der Waals surface area contributed by atoms with Crippen molar-refractivity contribution in [1.29, 1.82) is 0 Å². The summed E-state index contributed by atoms with van der Waals surface area (Å²) in [6.45, 7) is 3.84. The van der Waals surface area contributed by atoms with Gasteiger partial charge in [0, 0.05) is 21.4 Å². The number of rotatable bonds is 6. The van der Waals surface area contributed by atoms with Crippen LogP contribution < -0.4 is 10.6 Å². The van der Waals surface area contributed by atoms with Crippen molar-refractivity contribution in [3.63, 3.8) is 0 Å². The Morgan fingerprint density at radius 3 is 2.41 bits per heavy atom. The van der Waals surface area contributed by atoms with Crippen molar-refractivity contribution in [2.45, 2.75) is 23.4 Å². The minimum absolute atomic E-state index is 0.165. The SMILES string of the molecule is Cc1ccc(Nc2nnc(SC(C)C(=O)Nc3cc(Cl)cc(Cl)c3)s2)cc1. The van der Waals surface area contributed by atoms with Gasteiger partial charge in [0.2, 0.25) is 11.0 Å². The van der Waals surface area contributed by atoms with E-state index in [9.17, 15) is 4.79 Å². The number of nitrogens with one attached hydrogen (secondary N) is 2. The maximum absolute atomic E-state index is 12.4. The molecule has 5 nitrogen and oxygen atoms in total. The zero-order chi connectivity index (χ0) is 19.4. The van der Waals surface area contributed by atoms with E-state index in [1.54, 1.807) is 25.1 Å². The molecule has 0 radical (unpaired) electrons. The number of benzene rings is 2. The van der Waals surface area contributed by atoms with Gasteiger partial charge in [-0.3, -0.25) is 4.79 Å². The van der Waals surface area contributed by atoms with Crippen molar-refractivity contribution >= 4 is 68.7 Å². The second-order valence-corrected chi connectivity index (χ2v) is 9.21. The lowest BCUT2D eigenvalue weighted by atomic mass is 10.2. The Balaban J connectivity index is 1.58. The van der Waals surface area contributed by atoms with E-state index in [1.165, 1.54) is 28.7 Å². The van der Waals surface area contributed by atoms with Gasteiger partial charge in [0.05, 0.1) is 5.25 Å². The first-order chi connectivity index (χ1) is 12.9. The van der Waals surface area contributed by atoms with Crippen LogP contribution in [0.25, 0.3) is 0 Å².